The number of rotatable bonds is 2. The molecule has 0 radical (unpaired) electrons. The fourth-order valence-electron chi connectivity index (χ4n) is 2.31. The molecule has 1 N–H and O–H groups in total. The first-order valence-corrected chi connectivity index (χ1v) is 5.99. The van der Waals surface area contributed by atoms with Crippen molar-refractivity contribution in [1.82, 2.24) is 5.32 Å². The third-order valence-electron chi connectivity index (χ3n) is 2.94. The summed E-state index contributed by atoms with van der Waals surface area (Å²) in [5, 5.41) is 3.43. The predicted molar refractivity (Wildman–Crippen MR) is 62.3 cm³/mol. The summed E-state index contributed by atoms with van der Waals surface area (Å²) >= 11 is 0. The van der Waals surface area contributed by atoms with Crippen LogP contribution < -0.4 is 5.32 Å². The van der Waals surface area contributed by atoms with Gasteiger partial charge in [-0.15, -0.1) is 0 Å². The molecule has 86 valence electrons. The highest BCUT2D eigenvalue weighted by atomic mass is 16.5. The van der Waals surface area contributed by atoms with E-state index in [9.17, 15) is 0 Å². The molecule has 0 aromatic heterocycles. The fraction of sp³-hybridized carbons (Fsp3) is 0.917. The summed E-state index contributed by atoms with van der Waals surface area (Å²) in [6.07, 6.45) is 3.83. The van der Waals surface area contributed by atoms with Gasteiger partial charge in [0, 0.05) is 0 Å². The maximum atomic E-state index is 5.91. The quantitative estimate of drug-likeness (QED) is 0.756. The van der Waals surface area contributed by atoms with Crippen molar-refractivity contribution in [3.63, 3.8) is 0 Å². The molecule has 0 amide bonds. The molecule has 2 aliphatic rings. The van der Waals surface area contributed by atoms with Crippen molar-refractivity contribution in [2.24, 2.45) is 10.4 Å². The highest BCUT2D eigenvalue weighted by Crippen LogP contribution is 2.26. The first-order chi connectivity index (χ1) is 7.04. The monoisotopic (exact) mass is 210 g/mol. The summed E-state index contributed by atoms with van der Waals surface area (Å²) < 4.78 is 5.91. The highest BCUT2D eigenvalue weighted by molar-refractivity contribution is 5.83. The van der Waals surface area contributed by atoms with Crippen molar-refractivity contribution >= 4 is 5.90 Å². The van der Waals surface area contributed by atoms with Crippen molar-refractivity contribution in [3.05, 3.63) is 0 Å². The number of nitrogens with one attached hydrogen (secondary N) is 1. The fourth-order valence-corrected chi connectivity index (χ4v) is 2.31. The van der Waals surface area contributed by atoms with Gasteiger partial charge in [0.05, 0.1) is 12.6 Å². The van der Waals surface area contributed by atoms with Crippen molar-refractivity contribution in [2.45, 2.75) is 52.2 Å². The van der Waals surface area contributed by atoms with Crippen LogP contribution >= 0.6 is 0 Å². The lowest BCUT2D eigenvalue weighted by Gasteiger charge is -2.23. The Balaban J connectivity index is 1.82. The Kier molecular flexibility index (Phi) is 3.01. The van der Waals surface area contributed by atoms with Gasteiger partial charge in [-0.1, -0.05) is 20.8 Å². The van der Waals surface area contributed by atoms with Gasteiger partial charge in [-0.05, 0) is 31.2 Å². The van der Waals surface area contributed by atoms with Gasteiger partial charge in [-0.25, -0.2) is 0 Å². The summed E-state index contributed by atoms with van der Waals surface area (Å²) in [5.41, 5.74) is 0.332. The summed E-state index contributed by atoms with van der Waals surface area (Å²) in [7, 11) is 0. The zero-order valence-electron chi connectivity index (χ0n) is 10.0. The van der Waals surface area contributed by atoms with Crippen LogP contribution in [-0.4, -0.2) is 31.1 Å². The van der Waals surface area contributed by atoms with E-state index in [2.05, 4.69) is 31.1 Å². The zero-order chi connectivity index (χ0) is 10.9. The van der Waals surface area contributed by atoms with Gasteiger partial charge in [0.25, 0.3) is 0 Å². The Hall–Kier alpha value is -0.570. The lowest BCUT2D eigenvalue weighted by molar-refractivity contribution is 0.155. The molecular formula is C12H22N2O. The van der Waals surface area contributed by atoms with Crippen LogP contribution in [0.2, 0.25) is 0 Å². The van der Waals surface area contributed by atoms with Crippen molar-refractivity contribution in [2.75, 3.05) is 13.1 Å². The predicted octanol–water partition coefficient (Wildman–Crippen LogP) is 1.97. The van der Waals surface area contributed by atoms with Gasteiger partial charge in [0.1, 0.15) is 6.10 Å². The van der Waals surface area contributed by atoms with E-state index in [0.29, 0.717) is 17.6 Å². The minimum absolute atomic E-state index is 0.308. The largest absolute Gasteiger partial charge is 0.475 e. The Bertz CT molecular complexity index is 249. The molecule has 0 saturated carbocycles. The summed E-state index contributed by atoms with van der Waals surface area (Å²) in [6, 6.07) is 0.398. The van der Waals surface area contributed by atoms with Crippen molar-refractivity contribution in [3.8, 4) is 0 Å². The molecule has 0 aromatic rings. The normalized spacial score (nSPS) is 31.5. The first kappa shape index (κ1) is 10.9. The summed E-state index contributed by atoms with van der Waals surface area (Å²) in [5.74, 6) is 0.960. The Morgan fingerprint density at radius 3 is 2.87 bits per heavy atom. The van der Waals surface area contributed by atoms with Crippen molar-refractivity contribution < 1.29 is 4.74 Å². The van der Waals surface area contributed by atoms with Crippen LogP contribution in [0.1, 0.15) is 40.0 Å². The molecule has 2 unspecified atom stereocenters. The summed E-state index contributed by atoms with van der Waals surface area (Å²) in [6.45, 7) is 8.72. The number of hydrogen-bond acceptors (Lipinski definition) is 3. The van der Waals surface area contributed by atoms with E-state index >= 15 is 0 Å². The number of hydrogen-bond donors (Lipinski definition) is 1. The number of ether oxygens (including phenoxy) is 1. The SMILES string of the molecule is CC(C)(C)CC1CN=C(C2CCCN2)O1. The van der Waals surface area contributed by atoms with E-state index in [1.807, 2.05) is 0 Å². The van der Waals surface area contributed by atoms with E-state index in [1.165, 1.54) is 12.8 Å². The zero-order valence-corrected chi connectivity index (χ0v) is 10.0. The molecule has 2 atom stereocenters. The third kappa shape index (κ3) is 2.94. The molecule has 2 heterocycles. The van der Waals surface area contributed by atoms with E-state index in [0.717, 1.165) is 25.4 Å². The molecule has 2 aliphatic heterocycles. The maximum Gasteiger partial charge on any atom is 0.201 e. The van der Waals surface area contributed by atoms with Crippen molar-refractivity contribution in [1.29, 1.82) is 0 Å². The molecule has 0 aromatic carbocycles. The van der Waals surface area contributed by atoms with Crippen LogP contribution in [0.4, 0.5) is 0 Å². The molecular weight excluding hydrogens is 188 g/mol. The van der Waals surface area contributed by atoms with Gasteiger partial charge in [-0.2, -0.15) is 0 Å². The van der Waals surface area contributed by atoms with Gasteiger partial charge >= 0.3 is 0 Å². The molecule has 3 heteroatoms. The van der Waals surface area contributed by atoms with E-state index < -0.39 is 0 Å². The van der Waals surface area contributed by atoms with Crippen LogP contribution in [0, 0.1) is 5.41 Å². The lowest BCUT2D eigenvalue weighted by atomic mass is 9.89. The van der Waals surface area contributed by atoms with Gasteiger partial charge in [-0.3, -0.25) is 4.99 Å². The minimum atomic E-state index is 0.308. The second kappa shape index (κ2) is 4.12. The first-order valence-electron chi connectivity index (χ1n) is 5.99. The smallest absolute Gasteiger partial charge is 0.201 e. The molecule has 3 nitrogen and oxygen atoms in total. The van der Waals surface area contributed by atoms with Crippen LogP contribution in [0.5, 0.6) is 0 Å². The molecule has 1 saturated heterocycles. The molecule has 0 spiro atoms. The van der Waals surface area contributed by atoms with Gasteiger partial charge in [0.15, 0.2) is 0 Å². The average Bonchev–Trinajstić information content (AvgIpc) is 2.68. The van der Waals surface area contributed by atoms with E-state index in [-0.39, 0.29) is 0 Å². The standard InChI is InChI=1S/C12H22N2O/c1-12(2,3)7-9-8-14-11(15-9)10-5-4-6-13-10/h9-10,13H,4-8H2,1-3H3. The van der Waals surface area contributed by atoms with E-state index in [1.54, 1.807) is 0 Å². The minimum Gasteiger partial charge on any atom is -0.475 e. The lowest BCUT2D eigenvalue weighted by Crippen LogP contribution is -2.32. The summed E-state index contributed by atoms with van der Waals surface area (Å²) in [4.78, 5) is 4.52. The molecule has 0 bridgehead atoms. The third-order valence-corrected chi connectivity index (χ3v) is 2.94. The second-order valence-corrected chi connectivity index (χ2v) is 5.83. The molecule has 0 aliphatic carbocycles. The Morgan fingerprint density at radius 1 is 1.47 bits per heavy atom. The van der Waals surface area contributed by atoms with Gasteiger partial charge in [0.2, 0.25) is 5.90 Å². The van der Waals surface area contributed by atoms with Crippen LogP contribution in [-0.2, 0) is 4.74 Å². The average molecular weight is 210 g/mol. The molecule has 15 heavy (non-hydrogen) atoms. The van der Waals surface area contributed by atoms with Crippen LogP contribution in [0.25, 0.3) is 0 Å². The molecule has 2 rings (SSSR count). The highest BCUT2D eigenvalue weighted by Gasteiger charge is 2.30. The Labute approximate surface area is 92.3 Å². The van der Waals surface area contributed by atoms with Gasteiger partial charge < -0.3 is 10.1 Å². The van der Waals surface area contributed by atoms with Crippen LogP contribution in [0.15, 0.2) is 4.99 Å². The van der Waals surface area contributed by atoms with Crippen LogP contribution in [0.3, 0.4) is 0 Å². The topological polar surface area (TPSA) is 33.6 Å². The molecule has 1 fully saturated rings. The Morgan fingerprint density at radius 2 is 2.27 bits per heavy atom. The number of nitrogens with zero attached hydrogens (tertiary/aromatic N) is 1. The van der Waals surface area contributed by atoms with E-state index in [4.69, 9.17) is 4.74 Å². The second-order valence-electron chi connectivity index (χ2n) is 5.83. The number of aliphatic imine (C=N–C) groups is 1. The maximum absolute atomic E-state index is 5.91.